The summed E-state index contributed by atoms with van der Waals surface area (Å²) in [5.74, 6) is -2.60. The normalized spacial score (nSPS) is 24.3. The average Bonchev–Trinajstić information content (AvgIpc) is 3.15. The molecule has 0 radical (unpaired) electrons. The van der Waals surface area contributed by atoms with E-state index in [4.69, 9.17) is 0 Å². The number of hydrogen-bond acceptors (Lipinski definition) is 4. The van der Waals surface area contributed by atoms with Crippen molar-refractivity contribution in [2.45, 2.75) is 44.6 Å². The molecule has 7 nitrogen and oxygen atoms in total. The number of fused-ring (bicyclic) bond motifs is 1. The number of carbonyl (C=O) groups is 2. The smallest absolute Gasteiger partial charge is 0.338 e. The number of hydrogen-bond donors (Lipinski definition) is 0. The highest BCUT2D eigenvalue weighted by Crippen LogP contribution is 2.39. The maximum atomic E-state index is 13.8. The molecule has 166 valence electrons. The number of aromatic nitrogens is 3. The van der Waals surface area contributed by atoms with Gasteiger partial charge in [-0.2, -0.15) is 13.2 Å². The van der Waals surface area contributed by atoms with Crippen LogP contribution < -0.4 is 0 Å². The van der Waals surface area contributed by atoms with Gasteiger partial charge in [0.25, 0.3) is 0 Å². The van der Waals surface area contributed by atoms with Gasteiger partial charge < -0.3 is 14.4 Å². The number of halogens is 4. The van der Waals surface area contributed by atoms with Crippen molar-refractivity contribution in [2.75, 3.05) is 13.6 Å². The molecule has 0 aliphatic carbocycles. The summed E-state index contributed by atoms with van der Waals surface area (Å²) in [4.78, 5) is 28.7. The van der Waals surface area contributed by atoms with Crippen molar-refractivity contribution in [3.8, 4) is 0 Å². The number of nitrogens with zero attached hydrogens (tertiary/aromatic N) is 5. The van der Waals surface area contributed by atoms with Crippen LogP contribution in [0.4, 0.5) is 17.6 Å². The van der Waals surface area contributed by atoms with Gasteiger partial charge in [0, 0.05) is 26.6 Å². The molecule has 3 unspecified atom stereocenters. The number of amides is 2. The third-order valence-corrected chi connectivity index (χ3v) is 6.09. The van der Waals surface area contributed by atoms with Crippen LogP contribution in [0.2, 0.25) is 0 Å². The minimum atomic E-state index is -4.63. The summed E-state index contributed by atoms with van der Waals surface area (Å²) in [5.41, 5.74) is 0.501. The molecule has 3 heterocycles. The Kier molecular flexibility index (Phi) is 5.22. The minimum absolute atomic E-state index is 0.0537. The molecule has 0 N–H and O–H groups in total. The SMILES string of the molecule is CC1c2nnc(C(F)(F)F)n2CCN1C(=O)C1CCC(=O)N(C)C1c1cccc(F)c1. The van der Waals surface area contributed by atoms with Gasteiger partial charge in [-0.3, -0.25) is 9.59 Å². The molecular weight excluding hydrogens is 418 g/mol. The van der Waals surface area contributed by atoms with E-state index in [2.05, 4.69) is 10.2 Å². The Hall–Kier alpha value is -2.98. The molecule has 0 spiro atoms. The van der Waals surface area contributed by atoms with Crippen LogP contribution in [0.15, 0.2) is 24.3 Å². The summed E-state index contributed by atoms with van der Waals surface area (Å²) >= 11 is 0. The van der Waals surface area contributed by atoms with Crippen LogP contribution in [0.1, 0.15) is 49.1 Å². The third-order valence-electron chi connectivity index (χ3n) is 6.09. The number of alkyl halides is 3. The fourth-order valence-corrected chi connectivity index (χ4v) is 4.55. The maximum absolute atomic E-state index is 13.8. The first kappa shape index (κ1) is 21.3. The summed E-state index contributed by atoms with van der Waals surface area (Å²) < 4.78 is 54.3. The van der Waals surface area contributed by atoms with Crippen LogP contribution in [0.5, 0.6) is 0 Å². The molecule has 11 heteroatoms. The second-order valence-electron chi connectivity index (χ2n) is 7.89. The largest absolute Gasteiger partial charge is 0.451 e. The summed E-state index contributed by atoms with van der Waals surface area (Å²) in [6, 6.07) is 4.37. The van der Waals surface area contributed by atoms with Crippen molar-refractivity contribution in [3.05, 3.63) is 47.3 Å². The van der Waals surface area contributed by atoms with Crippen LogP contribution in [-0.4, -0.2) is 50.0 Å². The fraction of sp³-hybridized carbons (Fsp3) is 0.500. The Bertz CT molecular complexity index is 1020. The first-order chi connectivity index (χ1) is 14.6. The highest BCUT2D eigenvalue weighted by molar-refractivity contribution is 5.85. The van der Waals surface area contributed by atoms with Crippen LogP contribution in [0.3, 0.4) is 0 Å². The van der Waals surface area contributed by atoms with Gasteiger partial charge in [-0.1, -0.05) is 12.1 Å². The second-order valence-corrected chi connectivity index (χ2v) is 7.89. The van der Waals surface area contributed by atoms with E-state index in [0.29, 0.717) is 5.56 Å². The van der Waals surface area contributed by atoms with Crippen molar-refractivity contribution in [2.24, 2.45) is 5.92 Å². The quantitative estimate of drug-likeness (QED) is 0.675. The minimum Gasteiger partial charge on any atom is -0.338 e. The van der Waals surface area contributed by atoms with Gasteiger partial charge in [0.2, 0.25) is 17.6 Å². The number of benzene rings is 1. The lowest BCUT2D eigenvalue weighted by molar-refractivity contribution is -0.150. The maximum Gasteiger partial charge on any atom is 0.451 e. The molecule has 1 fully saturated rings. The third kappa shape index (κ3) is 3.66. The van der Waals surface area contributed by atoms with E-state index < -0.39 is 35.8 Å². The van der Waals surface area contributed by atoms with Gasteiger partial charge >= 0.3 is 6.18 Å². The molecule has 1 aromatic carbocycles. The van der Waals surface area contributed by atoms with E-state index in [9.17, 15) is 27.2 Å². The van der Waals surface area contributed by atoms with Gasteiger partial charge in [-0.25, -0.2) is 4.39 Å². The Morgan fingerprint density at radius 3 is 2.61 bits per heavy atom. The highest BCUT2D eigenvalue weighted by atomic mass is 19.4. The zero-order chi connectivity index (χ0) is 22.5. The zero-order valence-electron chi connectivity index (χ0n) is 16.9. The lowest BCUT2D eigenvalue weighted by Gasteiger charge is -2.42. The second kappa shape index (κ2) is 7.61. The zero-order valence-corrected chi connectivity index (χ0v) is 16.9. The van der Waals surface area contributed by atoms with Gasteiger partial charge in [-0.05, 0) is 31.0 Å². The van der Waals surface area contributed by atoms with E-state index in [0.717, 1.165) is 4.57 Å². The number of piperidine rings is 1. The number of likely N-dealkylation sites (tertiary alicyclic amines) is 1. The van der Waals surface area contributed by atoms with E-state index in [-0.39, 0.29) is 43.6 Å². The van der Waals surface area contributed by atoms with Crippen LogP contribution in [0, 0.1) is 11.7 Å². The standard InChI is InChI=1S/C20H21F4N5O2/c1-11-17-25-26-19(20(22,23)24)29(17)9-8-28(11)18(31)14-6-7-15(30)27(2)16(14)12-4-3-5-13(21)10-12/h3-5,10-11,14,16H,6-9H2,1-2H3. The van der Waals surface area contributed by atoms with Gasteiger partial charge in [0.1, 0.15) is 5.82 Å². The van der Waals surface area contributed by atoms with Crippen molar-refractivity contribution >= 4 is 11.8 Å². The van der Waals surface area contributed by atoms with Gasteiger partial charge in [-0.15, -0.1) is 10.2 Å². The van der Waals surface area contributed by atoms with Gasteiger partial charge in [0.05, 0.1) is 18.0 Å². The summed E-state index contributed by atoms with van der Waals surface area (Å²) in [5, 5.41) is 6.96. The molecule has 4 rings (SSSR count). The first-order valence-corrected chi connectivity index (χ1v) is 9.91. The Labute approximate surface area is 175 Å². The summed E-state index contributed by atoms with van der Waals surface area (Å²) in [6.45, 7) is 1.57. The number of carbonyl (C=O) groups excluding carboxylic acids is 2. The molecule has 2 aliphatic rings. The van der Waals surface area contributed by atoms with Crippen LogP contribution >= 0.6 is 0 Å². The van der Waals surface area contributed by atoms with Crippen LogP contribution in [0.25, 0.3) is 0 Å². The lowest BCUT2D eigenvalue weighted by atomic mass is 9.83. The topological polar surface area (TPSA) is 71.3 Å². The molecule has 1 aromatic heterocycles. The van der Waals surface area contributed by atoms with E-state index in [1.165, 1.54) is 28.0 Å². The Balaban J connectivity index is 1.65. The molecule has 2 aromatic rings. The monoisotopic (exact) mass is 439 g/mol. The predicted octanol–water partition coefficient (Wildman–Crippen LogP) is 2.95. The summed E-state index contributed by atoms with van der Waals surface area (Å²) in [6.07, 6.45) is -4.20. The molecule has 0 bridgehead atoms. The Morgan fingerprint density at radius 2 is 1.94 bits per heavy atom. The van der Waals surface area contributed by atoms with Crippen molar-refractivity contribution in [1.29, 1.82) is 0 Å². The summed E-state index contributed by atoms with van der Waals surface area (Å²) in [7, 11) is 1.57. The molecular formula is C20H21F4N5O2. The lowest BCUT2D eigenvalue weighted by Crippen LogP contribution is -2.50. The molecule has 0 saturated carbocycles. The molecule has 2 amide bonds. The van der Waals surface area contributed by atoms with E-state index >= 15 is 0 Å². The predicted molar refractivity (Wildman–Crippen MR) is 99.8 cm³/mol. The molecule has 2 aliphatic heterocycles. The van der Waals surface area contributed by atoms with Crippen molar-refractivity contribution < 1.29 is 27.2 Å². The number of rotatable bonds is 2. The van der Waals surface area contributed by atoms with Gasteiger partial charge in [0.15, 0.2) is 5.82 Å². The Morgan fingerprint density at radius 1 is 1.19 bits per heavy atom. The average molecular weight is 439 g/mol. The van der Waals surface area contributed by atoms with E-state index in [1.54, 1.807) is 20.0 Å². The molecule has 31 heavy (non-hydrogen) atoms. The fourth-order valence-electron chi connectivity index (χ4n) is 4.55. The van der Waals surface area contributed by atoms with Crippen LogP contribution in [-0.2, 0) is 22.3 Å². The first-order valence-electron chi connectivity index (χ1n) is 9.91. The van der Waals surface area contributed by atoms with Crippen molar-refractivity contribution in [3.63, 3.8) is 0 Å². The molecule has 3 atom stereocenters. The highest BCUT2D eigenvalue weighted by Gasteiger charge is 2.45. The molecule has 1 saturated heterocycles. The van der Waals surface area contributed by atoms with E-state index in [1.807, 2.05) is 0 Å². The van der Waals surface area contributed by atoms with Crippen molar-refractivity contribution in [1.82, 2.24) is 24.6 Å².